The van der Waals surface area contributed by atoms with Gasteiger partial charge in [0.2, 0.25) is 5.91 Å². The van der Waals surface area contributed by atoms with Crippen molar-refractivity contribution < 1.29 is 9.18 Å². The second-order valence-corrected chi connectivity index (χ2v) is 5.13. The van der Waals surface area contributed by atoms with Gasteiger partial charge in [0.25, 0.3) is 0 Å². The maximum Gasteiger partial charge on any atom is 0.243 e. The Morgan fingerprint density at radius 3 is 2.62 bits per heavy atom. The molecule has 0 unspecified atom stereocenters. The molecule has 0 aliphatic carbocycles. The molecular formula is C15H11BrFN3O. The van der Waals surface area contributed by atoms with Crippen LogP contribution in [0.2, 0.25) is 0 Å². The zero-order valence-corrected chi connectivity index (χ0v) is 12.4. The van der Waals surface area contributed by atoms with Crippen LogP contribution >= 0.6 is 15.9 Å². The van der Waals surface area contributed by atoms with Crippen molar-refractivity contribution in [2.75, 3.05) is 17.2 Å². The second kappa shape index (κ2) is 6.86. The number of hydrogen-bond donors (Lipinski definition) is 2. The molecule has 0 atom stereocenters. The number of benzene rings is 2. The summed E-state index contributed by atoms with van der Waals surface area (Å²) in [5, 5.41) is 14.4. The molecule has 21 heavy (non-hydrogen) atoms. The van der Waals surface area contributed by atoms with Gasteiger partial charge in [0.15, 0.2) is 0 Å². The number of nitriles is 1. The fourth-order valence-electron chi connectivity index (χ4n) is 1.68. The van der Waals surface area contributed by atoms with Crippen molar-refractivity contribution in [2.24, 2.45) is 0 Å². The predicted octanol–water partition coefficient (Wildman–Crippen LogP) is 3.51. The lowest BCUT2D eigenvalue weighted by Gasteiger charge is -2.09. The van der Waals surface area contributed by atoms with E-state index in [-0.39, 0.29) is 18.0 Å². The van der Waals surface area contributed by atoms with Crippen LogP contribution in [0.4, 0.5) is 15.8 Å². The number of anilines is 2. The normalized spacial score (nSPS) is 9.76. The molecule has 0 spiro atoms. The summed E-state index contributed by atoms with van der Waals surface area (Å²) in [4.78, 5) is 11.8. The van der Waals surface area contributed by atoms with Crippen LogP contribution < -0.4 is 10.6 Å². The lowest BCUT2D eigenvalue weighted by atomic mass is 10.2. The van der Waals surface area contributed by atoms with Crippen molar-refractivity contribution >= 4 is 33.2 Å². The van der Waals surface area contributed by atoms with Gasteiger partial charge in [-0.15, -0.1) is 0 Å². The number of halogens is 2. The van der Waals surface area contributed by atoms with Gasteiger partial charge in [-0.3, -0.25) is 4.79 Å². The highest BCUT2D eigenvalue weighted by Crippen LogP contribution is 2.16. The van der Waals surface area contributed by atoms with E-state index in [1.807, 2.05) is 18.2 Å². The molecular weight excluding hydrogens is 337 g/mol. The summed E-state index contributed by atoms with van der Waals surface area (Å²) in [6.45, 7) is -0.0175. The third-order valence-electron chi connectivity index (χ3n) is 2.67. The van der Waals surface area contributed by atoms with Gasteiger partial charge >= 0.3 is 0 Å². The minimum Gasteiger partial charge on any atom is -0.375 e. The van der Waals surface area contributed by atoms with Gasteiger partial charge in [-0.1, -0.05) is 15.9 Å². The van der Waals surface area contributed by atoms with E-state index in [1.165, 1.54) is 12.1 Å². The Morgan fingerprint density at radius 1 is 1.24 bits per heavy atom. The minimum atomic E-state index is -0.489. The Hall–Kier alpha value is -2.39. The van der Waals surface area contributed by atoms with Crippen molar-refractivity contribution in [3.05, 3.63) is 58.3 Å². The van der Waals surface area contributed by atoms with E-state index in [9.17, 15) is 9.18 Å². The van der Waals surface area contributed by atoms with E-state index in [1.54, 1.807) is 12.1 Å². The number of rotatable bonds is 4. The Bertz CT molecular complexity index is 695. The average Bonchev–Trinajstić information content (AvgIpc) is 2.48. The third-order valence-corrected chi connectivity index (χ3v) is 3.20. The maximum absolute atomic E-state index is 13.0. The van der Waals surface area contributed by atoms with Crippen LogP contribution in [-0.2, 0) is 4.79 Å². The number of carbonyl (C=O) groups is 1. The first-order valence-corrected chi connectivity index (χ1v) is 6.87. The molecule has 0 aliphatic rings. The Kier molecular flexibility index (Phi) is 4.90. The molecule has 4 nitrogen and oxygen atoms in total. The summed E-state index contributed by atoms with van der Waals surface area (Å²) in [6.07, 6.45) is 0. The fourth-order valence-corrected chi connectivity index (χ4v) is 1.94. The predicted molar refractivity (Wildman–Crippen MR) is 82.4 cm³/mol. The molecule has 0 bridgehead atoms. The monoisotopic (exact) mass is 347 g/mol. The first-order chi connectivity index (χ1) is 10.1. The van der Waals surface area contributed by atoms with E-state index in [4.69, 9.17) is 5.26 Å². The summed E-state index contributed by atoms with van der Waals surface area (Å²) in [5.74, 6) is -0.748. The summed E-state index contributed by atoms with van der Waals surface area (Å²) in [5.41, 5.74) is 1.25. The van der Waals surface area contributed by atoms with E-state index >= 15 is 0 Å². The van der Waals surface area contributed by atoms with Crippen LogP contribution in [-0.4, -0.2) is 12.5 Å². The molecule has 0 radical (unpaired) electrons. The molecule has 0 aliphatic heterocycles. The van der Waals surface area contributed by atoms with E-state index in [2.05, 4.69) is 26.6 Å². The maximum atomic E-state index is 13.0. The topological polar surface area (TPSA) is 64.9 Å². The number of nitrogens with one attached hydrogen (secondary N) is 2. The number of carbonyl (C=O) groups excluding carboxylic acids is 1. The smallest absolute Gasteiger partial charge is 0.243 e. The Labute approximate surface area is 129 Å². The standard InChI is InChI=1S/C15H11BrFN3O/c16-11-1-4-13(5-2-11)20-15(21)9-19-14-6-3-12(17)7-10(14)8-18/h1-7,19H,9H2,(H,20,21). The van der Waals surface area contributed by atoms with Crippen LogP contribution in [0.3, 0.4) is 0 Å². The van der Waals surface area contributed by atoms with Crippen LogP contribution in [0, 0.1) is 17.1 Å². The van der Waals surface area contributed by atoms with E-state index in [0.29, 0.717) is 11.4 Å². The van der Waals surface area contributed by atoms with Crippen LogP contribution in [0.5, 0.6) is 0 Å². The molecule has 0 fully saturated rings. The molecule has 2 aromatic carbocycles. The van der Waals surface area contributed by atoms with E-state index in [0.717, 1.165) is 10.5 Å². The highest BCUT2D eigenvalue weighted by atomic mass is 79.9. The molecule has 2 N–H and O–H groups in total. The highest BCUT2D eigenvalue weighted by molar-refractivity contribution is 9.10. The molecule has 0 saturated heterocycles. The summed E-state index contributed by atoms with van der Waals surface area (Å²) < 4.78 is 13.9. The summed E-state index contributed by atoms with van der Waals surface area (Å²) in [7, 11) is 0. The van der Waals surface area contributed by atoms with Gasteiger partial charge in [-0.2, -0.15) is 5.26 Å². The van der Waals surface area contributed by atoms with Gasteiger partial charge in [-0.25, -0.2) is 4.39 Å². The van der Waals surface area contributed by atoms with Crippen molar-refractivity contribution in [1.29, 1.82) is 5.26 Å². The quantitative estimate of drug-likeness (QED) is 0.889. The highest BCUT2D eigenvalue weighted by Gasteiger charge is 2.06. The zero-order valence-electron chi connectivity index (χ0n) is 10.9. The van der Waals surface area contributed by atoms with Crippen LogP contribution in [0.15, 0.2) is 46.9 Å². The first kappa shape index (κ1) is 15.0. The number of hydrogen-bond acceptors (Lipinski definition) is 3. The first-order valence-electron chi connectivity index (χ1n) is 6.07. The van der Waals surface area contributed by atoms with Gasteiger partial charge in [0.1, 0.15) is 11.9 Å². The average molecular weight is 348 g/mol. The number of nitrogens with zero attached hydrogens (tertiary/aromatic N) is 1. The van der Waals surface area contributed by atoms with Gasteiger partial charge in [-0.05, 0) is 42.5 Å². The van der Waals surface area contributed by atoms with E-state index < -0.39 is 5.82 Å². The van der Waals surface area contributed by atoms with Crippen molar-refractivity contribution in [3.63, 3.8) is 0 Å². The molecule has 106 valence electrons. The van der Waals surface area contributed by atoms with Crippen LogP contribution in [0.25, 0.3) is 0 Å². The largest absolute Gasteiger partial charge is 0.375 e. The summed E-state index contributed by atoms with van der Waals surface area (Å²) >= 11 is 3.31. The Morgan fingerprint density at radius 2 is 1.95 bits per heavy atom. The van der Waals surface area contributed by atoms with Gasteiger partial charge in [0.05, 0.1) is 17.8 Å². The van der Waals surface area contributed by atoms with Gasteiger partial charge in [0, 0.05) is 10.2 Å². The van der Waals surface area contributed by atoms with Crippen LogP contribution in [0.1, 0.15) is 5.56 Å². The fraction of sp³-hybridized carbons (Fsp3) is 0.0667. The lowest BCUT2D eigenvalue weighted by molar-refractivity contribution is -0.114. The molecule has 0 aromatic heterocycles. The zero-order chi connectivity index (χ0) is 15.2. The molecule has 0 heterocycles. The second-order valence-electron chi connectivity index (χ2n) is 4.21. The van der Waals surface area contributed by atoms with Crippen molar-refractivity contribution in [3.8, 4) is 6.07 Å². The SMILES string of the molecule is N#Cc1cc(F)ccc1NCC(=O)Nc1ccc(Br)cc1. The molecule has 1 amide bonds. The van der Waals surface area contributed by atoms with Crippen molar-refractivity contribution in [2.45, 2.75) is 0 Å². The Balaban J connectivity index is 1.95. The molecule has 2 aromatic rings. The summed E-state index contributed by atoms with van der Waals surface area (Å²) in [6, 6.07) is 12.8. The third kappa shape index (κ3) is 4.29. The lowest BCUT2D eigenvalue weighted by Crippen LogP contribution is -2.22. The number of amides is 1. The van der Waals surface area contributed by atoms with Crippen molar-refractivity contribution in [1.82, 2.24) is 0 Å². The minimum absolute atomic E-state index is 0.0175. The molecule has 0 saturated carbocycles. The van der Waals surface area contributed by atoms with Gasteiger partial charge < -0.3 is 10.6 Å². The molecule has 2 rings (SSSR count). The molecule has 6 heteroatoms.